The Morgan fingerprint density at radius 3 is 2.48 bits per heavy atom. The summed E-state index contributed by atoms with van der Waals surface area (Å²) in [5, 5.41) is 5.17. The van der Waals surface area contributed by atoms with E-state index in [1.807, 2.05) is 0 Å². The van der Waals surface area contributed by atoms with Crippen molar-refractivity contribution in [1.82, 2.24) is 10.6 Å². The maximum atomic E-state index is 13.5. The van der Waals surface area contributed by atoms with Crippen LogP contribution in [0.3, 0.4) is 0 Å². The lowest BCUT2D eigenvalue weighted by Crippen LogP contribution is -2.28. The number of benzene rings is 2. The summed E-state index contributed by atoms with van der Waals surface area (Å²) in [6.45, 7) is 0.410. The van der Waals surface area contributed by atoms with Gasteiger partial charge in [-0.3, -0.25) is 14.4 Å². The number of amides is 3. The number of nitrogens with one attached hydrogen (secondary N) is 2. The van der Waals surface area contributed by atoms with Crippen LogP contribution in [0.25, 0.3) is 0 Å². The molecular weight excluding hydrogens is 356 g/mol. The van der Waals surface area contributed by atoms with Crippen molar-refractivity contribution in [2.24, 2.45) is 5.73 Å². The summed E-state index contributed by atoms with van der Waals surface area (Å²) in [6.07, 6.45) is 0.503. The molecular formula is C19H19F2N3O3. The average molecular weight is 375 g/mol. The zero-order chi connectivity index (χ0) is 19.8. The first-order valence-electron chi connectivity index (χ1n) is 8.25. The van der Waals surface area contributed by atoms with E-state index in [0.29, 0.717) is 18.1 Å². The molecule has 0 bridgehead atoms. The lowest BCUT2D eigenvalue weighted by atomic mass is 10.1. The minimum Gasteiger partial charge on any atom is -0.366 e. The van der Waals surface area contributed by atoms with E-state index in [9.17, 15) is 23.2 Å². The van der Waals surface area contributed by atoms with Gasteiger partial charge in [-0.1, -0.05) is 12.1 Å². The number of hydrogen-bond acceptors (Lipinski definition) is 3. The van der Waals surface area contributed by atoms with Crippen LogP contribution >= 0.6 is 0 Å². The third-order valence-corrected chi connectivity index (χ3v) is 3.74. The van der Waals surface area contributed by atoms with Crippen LogP contribution in [0.1, 0.15) is 39.1 Å². The van der Waals surface area contributed by atoms with Crippen LogP contribution in [-0.2, 0) is 11.3 Å². The minimum absolute atomic E-state index is 0.154. The van der Waals surface area contributed by atoms with Gasteiger partial charge in [-0.05, 0) is 36.2 Å². The number of rotatable bonds is 8. The van der Waals surface area contributed by atoms with Gasteiger partial charge in [0.15, 0.2) is 0 Å². The number of carbonyl (C=O) groups excluding carboxylic acids is 3. The molecule has 0 aliphatic rings. The SMILES string of the molecule is NC(=O)c1cccc(CNC(=O)CCCNC(=O)c2ccc(F)cc2F)c1. The van der Waals surface area contributed by atoms with Gasteiger partial charge < -0.3 is 16.4 Å². The fourth-order valence-corrected chi connectivity index (χ4v) is 2.34. The molecule has 142 valence electrons. The largest absolute Gasteiger partial charge is 0.366 e. The Morgan fingerprint density at radius 1 is 1.00 bits per heavy atom. The number of primary amides is 1. The molecule has 3 amide bonds. The van der Waals surface area contributed by atoms with E-state index in [4.69, 9.17) is 5.73 Å². The minimum atomic E-state index is -0.941. The van der Waals surface area contributed by atoms with Crippen LogP contribution < -0.4 is 16.4 Å². The molecule has 0 fully saturated rings. The second-order valence-electron chi connectivity index (χ2n) is 5.82. The van der Waals surface area contributed by atoms with Crippen LogP contribution in [0.5, 0.6) is 0 Å². The van der Waals surface area contributed by atoms with Crippen molar-refractivity contribution in [1.29, 1.82) is 0 Å². The van der Waals surface area contributed by atoms with Crippen molar-refractivity contribution < 1.29 is 23.2 Å². The zero-order valence-corrected chi connectivity index (χ0v) is 14.4. The van der Waals surface area contributed by atoms with E-state index in [0.717, 1.165) is 17.7 Å². The van der Waals surface area contributed by atoms with Gasteiger partial charge in [0.25, 0.3) is 5.91 Å². The molecule has 0 saturated carbocycles. The smallest absolute Gasteiger partial charge is 0.254 e. The summed E-state index contributed by atoms with van der Waals surface area (Å²) in [6, 6.07) is 9.30. The number of carbonyl (C=O) groups is 3. The van der Waals surface area contributed by atoms with Crippen molar-refractivity contribution in [3.05, 3.63) is 70.8 Å². The van der Waals surface area contributed by atoms with E-state index in [1.54, 1.807) is 24.3 Å². The molecule has 6 nitrogen and oxygen atoms in total. The molecule has 8 heteroatoms. The molecule has 0 spiro atoms. The van der Waals surface area contributed by atoms with Gasteiger partial charge in [-0.15, -0.1) is 0 Å². The van der Waals surface area contributed by atoms with Gasteiger partial charge in [0.05, 0.1) is 5.56 Å². The van der Waals surface area contributed by atoms with Crippen molar-refractivity contribution in [3.8, 4) is 0 Å². The van der Waals surface area contributed by atoms with E-state index in [-0.39, 0.29) is 31.0 Å². The maximum Gasteiger partial charge on any atom is 0.254 e. The van der Waals surface area contributed by atoms with Gasteiger partial charge in [-0.2, -0.15) is 0 Å². The Bertz CT molecular complexity index is 856. The van der Waals surface area contributed by atoms with Gasteiger partial charge in [0.2, 0.25) is 11.8 Å². The molecule has 0 aliphatic heterocycles. The quantitative estimate of drug-likeness (QED) is 0.614. The lowest BCUT2D eigenvalue weighted by Gasteiger charge is -2.08. The van der Waals surface area contributed by atoms with Crippen LogP contribution in [0, 0.1) is 11.6 Å². The first-order valence-corrected chi connectivity index (χ1v) is 8.25. The summed E-state index contributed by atoms with van der Waals surface area (Å²) in [5.41, 5.74) is 6.04. The van der Waals surface area contributed by atoms with Gasteiger partial charge in [0, 0.05) is 31.1 Å². The lowest BCUT2D eigenvalue weighted by molar-refractivity contribution is -0.121. The average Bonchev–Trinajstić information content (AvgIpc) is 2.63. The molecule has 0 aromatic heterocycles. The summed E-state index contributed by atoms with van der Waals surface area (Å²) in [5.74, 6) is -3.15. The van der Waals surface area contributed by atoms with E-state index in [1.165, 1.54) is 0 Å². The monoisotopic (exact) mass is 375 g/mol. The summed E-state index contributed by atoms with van der Waals surface area (Å²) in [7, 11) is 0. The number of nitrogens with two attached hydrogens (primary N) is 1. The van der Waals surface area contributed by atoms with Crippen molar-refractivity contribution in [3.63, 3.8) is 0 Å². The fraction of sp³-hybridized carbons (Fsp3) is 0.211. The Morgan fingerprint density at radius 2 is 1.78 bits per heavy atom. The third kappa shape index (κ3) is 6.18. The van der Waals surface area contributed by atoms with Crippen LogP contribution in [-0.4, -0.2) is 24.3 Å². The normalized spacial score (nSPS) is 10.3. The van der Waals surface area contributed by atoms with E-state index >= 15 is 0 Å². The molecule has 4 N–H and O–H groups in total. The highest BCUT2D eigenvalue weighted by Crippen LogP contribution is 2.09. The van der Waals surface area contributed by atoms with Gasteiger partial charge in [0.1, 0.15) is 11.6 Å². The van der Waals surface area contributed by atoms with Crippen molar-refractivity contribution in [2.75, 3.05) is 6.54 Å². The van der Waals surface area contributed by atoms with Gasteiger partial charge >= 0.3 is 0 Å². The molecule has 0 atom stereocenters. The Hall–Kier alpha value is -3.29. The van der Waals surface area contributed by atoms with Crippen molar-refractivity contribution in [2.45, 2.75) is 19.4 Å². The first-order chi connectivity index (χ1) is 12.9. The highest BCUT2D eigenvalue weighted by molar-refractivity contribution is 5.94. The standard InChI is InChI=1S/C19H19F2N3O3/c20-14-6-7-15(16(21)10-14)19(27)23-8-2-5-17(25)24-11-12-3-1-4-13(9-12)18(22)26/h1,3-4,6-7,9-10H,2,5,8,11H2,(H2,22,26)(H,23,27)(H,24,25). The van der Waals surface area contributed by atoms with Crippen molar-refractivity contribution >= 4 is 17.7 Å². The van der Waals surface area contributed by atoms with Crippen LogP contribution in [0.4, 0.5) is 8.78 Å². The van der Waals surface area contributed by atoms with Crippen LogP contribution in [0.2, 0.25) is 0 Å². The van der Waals surface area contributed by atoms with E-state index in [2.05, 4.69) is 10.6 Å². The summed E-state index contributed by atoms with van der Waals surface area (Å²) < 4.78 is 26.3. The highest BCUT2D eigenvalue weighted by atomic mass is 19.1. The molecule has 0 heterocycles. The predicted octanol–water partition coefficient (Wildman–Crippen LogP) is 1.89. The highest BCUT2D eigenvalue weighted by Gasteiger charge is 2.12. The third-order valence-electron chi connectivity index (χ3n) is 3.74. The molecule has 2 aromatic rings. The second-order valence-corrected chi connectivity index (χ2v) is 5.82. The second kappa shape index (κ2) is 9.42. The Balaban J connectivity index is 1.71. The molecule has 2 aromatic carbocycles. The Labute approximate surface area is 154 Å². The number of halogens is 2. The topological polar surface area (TPSA) is 101 Å². The predicted molar refractivity (Wildman–Crippen MR) is 94.7 cm³/mol. The fourth-order valence-electron chi connectivity index (χ4n) is 2.34. The Kier molecular flexibility index (Phi) is 6.99. The molecule has 0 aliphatic carbocycles. The molecule has 0 radical (unpaired) electrons. The zero-order valence-electron chi connectivity index (χ0n) is 14.4. The summed E-state index contributed by atoms with van der Waals surface area (Å²) in [4.78, 5) is 34.8. The first kappa shape index (κ1) is 20.0. The molecule has 0 saturated heterocycles. The van der Waals surface area contributed by atoms with Gasteiger partial charge in [-0.25, -0.2) is 8.78 Å². The molecule has 0 unspecified atom stereocenters. The number of hydrogen-bond donors (Lipinski definition) is 3. The maximum absolute atomic E-state index is 13.5. The van der Waals surface area contributed by atoms with E-state index < -0.39 is 23.4 Å². The molecule has 27 heavy (non-hydrogen) atoms. The summed E-state index contributed by atoms with van der Waals surface area (Å²) >= 11 is 0. The molecule has 2 rings (SSSR count). The van der Waals surface area contributed by atoms with Crippen LogP contribution in [0.15, 0.2) is 42.5 Å².